The van der Waals surface area contributed by atoms with Crippen LogP contribution in [0.4, 0.5) is 11.4 Å². The summed E-state index contributed by atoms with van der Waals surface area (Å²) in [5.74, 6) is -0.463. The minimum absolute atomic E-state index is 0.0704. The van der Waals surface area contributed by atoms with Gasteiger partial charge < -0.3 is 15.4 Å². The molecule has 7 nitrogen and oxygen atoms in total. The molecule has 1 atom stereocenters. The maximum absolute atomic E-state index is 13.1. The lowest BCUT2D eigenvalue weighted by atomic mass is 10.2. The molecule has 1 aliphatic heterocycles. The van der Waals surface area contributed by atoms with Crippen molar-refractivity contribution in [2.24, 2.45) is 0 Å². The fourth-order valence-electron chi connectivity index (χ4n) is 3.03. The van der Waals surface area contributed by atoms with Crippen LogP contribution in [0.15, 0.2) is 35.2 Å². The summed E-state index contributed by atoms with van der Waals surface area (Å²) in [6.07, 6.45) is -0.235. The molecule has 0 spiro atoms. The summed E-state index contributed by atoms with van der Waals surface area (Å²) < 4.78 is 31.4. The zero-order valence-corrected chi connectivity index (χ0v) is 17.8. The Morgan fingerprint density at radius 1 is 1.28 bits per heavy atom. The molecule has 0 radical (unpaired) electrons. The van der Waals surface area contributed by atoms with E-state index in [-0.39, 0.29) is 29.6 Å². The number of carbonyl (C=O) groups is 2. The second-order valence-electron chi connectivity index (χ2n) is 7.04. The monoisotopic (exact) mass is 436 g/mol. The van der Waals surface area contributed by atoms with Crippen molar-refractivity contribution in [3.8, 4) is 5.75 Å². The van der Waals surface area contributed by atoms with Crippen LogP contribution < -0.4 is 15.4 Å². The molecule has 1 unspecified atom stereocenters. The molecular formula is C20H21ClN2O5S. The lowest BCUT2D eigenvalue weighted by Gasteiger charge is -2.21. The second kappa shape index (κ2) is 8.04. The number of nitrogens with one attached hydrogen (secondary N) is 2. The Kier molecular flexibility index (Phi) is 5.86. The summed E-state index contributed by atoms with van der Waals surface area (Å²) in [7, 11) is -3.81. The lowest BCUT2D eigenvalue weighted by molar-refractivity contribution is -0.118. The topological polar surface area (TPSA) is 102 Å². The van der Waals surface area contributed by atoms with E-state index in [9.17, 15) is 18.0 Å². The number of benzene rings is 2. The van der Waals surface area contributed by atoms with Gasteiger partial charge in [0, 0.05) is 12.5 Å². The molecule has 0 saturated heterocycles. The third kappa shape index (κ3) is 4.54. The molecule has 29 heavy (non-hydrogen) atoms. The number of hydrogen-bond acceptors (Lipinski definition) is 5. The Bertz CT molecular complexity index is 1100. The molecule has 2 aromatic carbocycles. The molecule has 3 rings (SSSR count). The van der Waals surface area contributed by atoms with Gasteiger partial charge in [0.2, 0.25) is 5.91 Å². The number of rotatable bonds is 5. The van der Waals surface area contributed by atoms with E-state index in [4.69, 9.17) is 16.3 Å². The number of hydrogen-bond donors (Lipinski definition) is 2. The van der Waals surface area contributed by atoms with Crippen LogP contribution in [0.25, 0.3) is 0 Å². The van der Waals surface area contributed by atoms with Crippen LogP contribution >= 0.6 is 11.6 Å². The van der Waals surface area contributed by atoms with Gasteiger partial charge in [0.05, 0.1) is 26.5 Å². The highest BCUT2D eigenvalue weighted by atomic mass is 35.5. The normalized spacial score (nSPS) is 14.4. The Hall–Kier alpha value is -2.58. The summed E-state index contributed by atoms with van der Waals surface area (Å²) in [5.41, 5.74) is 2.27. The molecule has 0 saturated carbocycles. The Morgan fingerprint density at radius 2 is 2.00 bits per heavy atom. The highest BCUT2D eigenvalue weighted by molar-refractivity contribution is 7.92. The summed E-state index contributed by atoms with van der Waals surface area (Å²) in [4.78, 5) is 23.9. The summed E-state index contributed by atoms with van der Waals surface area (Å²) in [5, 5.41) is 4.71. The van der Waals surface area contributed by atoms with E-state index in [1.54, 1.807) is 31.2 Å². The summed E-state index contributed by atoms with van der Waals surface area (Å²) in [6, 6.07) is 8.14. The quantitative estimate of drug-likeness (QED) is 0.747. The Labute approximate surface area is 174 Å². The van der Waals surface area contributed by atoms with E-state index in [2.05, 4.69) is 10.6 Å². The van der Waals surface area contributed by atoms with Crippen LogP contribution in [-0.4, -0.2) is 32.1 Å². The largest absolute Gasteiger partial charge is 0.482 e. The minimum Gasteiger partial charge on any atom is -0.482 e. The standard InChI is InChI=1S/C20H21ClN2O5S/c1-11-4-5-15(14(21)6-11)22-19(24)8-13(3)29(26,27)18-9-17-16(7-12(18)2)23-20(25)10-28-17/h4-7,9,13H,8,10H2,1-3H3,(H,22,24)(H,23,25). The zero-order chi connectivity index (χ0) is 21.3. The van der Waals surface area contributed by atoms with Crippen LogP contribution in [0.5, 0.6) is 5.75 Å². The van der Waals surface area contributed by atoms with Gasteiger partial charge in [0.25, 0.3) is 5.91 Å². The molecule has 1 heterocycles. The molecule has 2 aromatic rings. The van der Waals surface area contributed by atoms with Gasteiger partial charge in [-0.3, -0.25) is 9.59 Å². The number of aryl methyl sites for hydroxylation is 2. The van der Waals surface area contributed by atoms with Crippen molar-refractivity contribution in [3.05, 3.63) is 46.5 Å². The van der Waals surface area contributed by atoms with E-state index < -0.39 is 21.0 Å². The van der Waals surface area contributed by atoms with Crippen LogP contribution in [0, 0.1) is 13.8 Å². The highest BCUT2D eigenvalue weighted by Crippen LogP contribution is 2.34. The van der Waals surface area contributed by atoms with Crippen molar-refractivity contribution in [1.82, 2.24) is 0 Å². The van der Waals surface area contributed by atoms with Gasteiger partial charge in [-0.05, 0) is 50.1 Å². The van der Waals surface area contributed by atoms with Gasteiger partial charge in [0.1, 0.15) is 5.75 Å². The van der Waals surface area contributed by atoms with Crippen molar-refractivity contribution in [2.45, 2.75) is 37.3 Å². The number of amides is 2. The third-order valence-electron chi connectivity index (χ3n) is 4.62. The Balaban J connectivity index is 1.78. The van der Waals surface area contributed by atoms with E-state index in [0.29, 0.717) is 22.0 Å². The molecule has 2 amide bonds. The van der Waals surface area contributed by atoms with Gasteiger partial charge in [-0.25, -0.2) is 8.42 Å². The average Bonchev–Trinajstić information content (AvgIpc) is 2.63. The number of fused-ring (bicyclic) bond motifs is 1. The first-order chi connectivity index (χ1) is 13.6. The van der Waals surface area contributed by atoms with Gasteiger partial charge in [-0.15, -0.1) is 0 Å². The number of carbonyl (C=O) groups excluding carboxylic acids is 2. The number of sulfone groups is 1. The third-order valence-corrected chi connectivity index (χ3v) is 7.21. The number of ether oxygens (including phenoxy) is 1. The summed E-state index contributed by atoms with van der Waals surface area (Å²) >= 11 is 6.12. The molecule has 154 valence electrons. The van der Waals surface area contributed by atoms with Crippen LogP contribution in [0.2, 0.25) is 5.02 Å². The van der Waals surface area contributed by atoms with E-state index in [1.807, 2.05) is 6.92 Å². The zero-order valence-electron chi connectivity index (χ0n) is 16.2. The molecule has 1 aliphatic rings. The van der Waals surface area contributed by atoms with Crippen molar-refractivity contribution in [2.75, 3.05) is 17.2 Å². The molecule has 2 N–H and O–H groups in total. The van der Waals surface area contributed by atoms with E-state index in [1.165, 1.54) is 13.0 Å². The van der Waals surface area contributed by atoms with Crippen molar-refractivity contribution in [1.29, 1.82) is 0 Å². The minimum atomic E-state index is -3.81. The predicted molar refractivity (Wildman–Crippen MR) is 111 cm³/mol. The predicted octanol–water partition coefficient (Wildman–Crippen LogP) is 3.48. The lowest BCUT2D eigenvalue weighted by Crippen LogP contribution is -2.27. The molecule has 9 heteroatoms. The highest BCUT2D eigenvalue weighted by Gasteiger charge is 2.29. The Morgan fingerprint density at radius 3 is 2.69 bits per heavy atom. The maximum atomic E-state index is 13.1. The molecule has 0 fully saturated rings. The van der Waals surface area contributed by atoms with Gasteiger partial charge in [0.15, 0.2) is 16.4 Å². The molecule has 0 aromatic heterocycles. The van der Waals surface area contributed by atoms with E-state index >= 15 is 0 Å². The van der Waals surface area contributed by atoms with Gasteiger partial charge >= 0.3 is 0 Å². The van der Waals surface area contributed by atoms with Crippen LogP contribution in [0.1, 0.15) is 24.5 Å². The first kappa shape index (κ1) is 21.1. The van der Waals surface area contributed by atoms with Gasteiger partial charge in [-0.2, -0.15) is 0 Å². The first-order valence-corrected chi connectivity index (χ1v) is 10.9. The summed E-state index contributed by atoms with van der Waals surface area (Å²) in [6.45, 7) is 4.81. The van der Waals surface area contributed by atoms with Crippen LogP contribution in [0.3, 0.4) is 0 Å². The van der Waals surface area contributed by atoms with Crippen LogP contribution in [-0.2, 0) is 19.4 Å². The van der Waals surface area contributed by atoms with E-state index in [0.717, 1.165) is 5.56 Å². The SMILES string of the molecule is Cc1ccc(NC(=O)CC(C)S(=O)(=O)c2cc3c(cc2C)NC(=O)CO3)c(Cl)c1. The van der Waals surface area contributed by atoms with Gasteiger partial charge in [-0.1, -0.05) is 17.7 Å². The maximum Gasteiger partial charge on any atom is 0.262 e. The van der Waals surface area contributed by atoms with Crippen molar-refractivity contribution in [3.63, 3.8) is 0 Å². The second-order valence-corrected chi connectivity index (χ2v) is 9.78. The number of anilines is 2. The molecular weight excluding hydrogens is 416 g/mol. The average molecular weight is 437 g/mol. The fourth-order valence-corrected chi connectivity index (χ4v) is 4.90. The fraction of sp³-hybridized carbons (Fsp3) is 0.300. The molecule has 0 bridgehead atoms. The van der Waals surface area contributed by atoms with Crippen molar-refractivity contribution >= 4 is 44.6 Å². The number of halogens is 1. The molecule has 0 aliphatic carbocycles. The smallest absolute Gasteiger partial charge is 0.262 e. The first-order valence-electron chi connectivity index (χ1n) is 8.95. The van der Waals surface area contributed by atoms with Crippen molar-refractivity contribution < 1.29 is 22.7 Å².